The molecule has 0 saturated carbocycles. The second-order valence-electron chi connectivity index (χ2n) is 11.2. The highest BCUT2D eigenvalue weighted by molar-refractivity contribution is 5.88. The highest BCUT2D eigenvalue weighted by Gasteiger charge is 2.31. The summed E-state index contributed by atoms with van der Waals surface area (Å²) in [5.74, 6) is 0.987. The summed E-state index contributed by atoms with van der Waals surface area (Å²) in [4.78, 5) is 18.8. The number of nitrogens with one attached hydrogen (secondary N) is 1. The van der Waals surface area contributed by atoms with E-state index < -0.39 is 23.8 Å². The first-order chi connectivity index (χ1) is 18.6. The van der Waals surface area contributed by atoms with Crippen molar-refractivity contribution in [2.45, 2.75) is 71.1 Å². The molecule has 0 bridgehead atoms. The second kappa shape index (κ2) is 11.3. The molecule has 4 heterocycles. The molecule has 0 radical (unpaired) electrons. The fourth-order valence-electron chi connectivity index (χ4n) is 5.61. The molecule has 2 fully saturated rings. The van der Waals surface area contributed by atoms with Gasteiger partial charge in [-0.25, -0.2) is 23.1 Å². The van der Waals surface area contributed by atoms with Crippen LogP contribution in [0.4, 0.5) is 19.0 Å². The minimum absolute atomic E-state index is 0.0834. The molecule has 10 heteroatoms. The van der Waals surface area contributed by atoms with E-state index in [9.17, 15) is 13.2 Å². The van der Waals surface area contributed by atoms with Crippen LogP contribution in [0, 0.1) is 12.7 Å². The molecule has 5 rings (SSSR count). The third-order valence-electron chi connectivity index (χ3n) is 7.91. The van der Waals surface area contributed by atoms with Gasteiger partial charge >= 0.3 is 0 Å². The van der Waals surface area contributed by atoms with Crippen LogP contribution in [-0.2, 0) is 0 Å². The molecule has 1 atom stereocenters. The predicted octanol–water partition coefficient (Wildman–Crippen LogP) is 5.86. The number of alkyl halides is 2. The maximum Gasteiger partial charge on any atom is 0.266 e. The van der Waals surface area contributed by atoms with E-state index in [4.69, 9.17) is 9.72 Å². The lowest BCUT2D eigenvalue weighted by atomic mass is 9.89. The maximum absolute atomic E-state index is 14.9. The summed E-state index contributed by atoms with van der Waals surface area (Å²) >= 11 is 0. The first kappa shape index (κ1) is 27.6. The van der Waals surface area contributed by atoms with Crippen LogP contribution in [0.1, 0.15) is 74.5 Å². The Kier molecular flexibility index (Phi) is 7.96. The van der Waals surface area contributed by atoms with Gasteiger partial charge in [-0.3, -0.25) is 4.90 Å². The average Bonchev–Trinajstić information content (AvgIpc) is 2.87. The van der Waals surface area contributed by atoms with Crippen molar-refractivity contribution >= 4 is 16.9 Å². The summed E-state index contributed by atoms with van der Waals surface area (Å²) < 4.78 is 48.0. The van der Waals surface area contributed by atoms with E-state index in [1.54, 1.807) is 13.8 Å². The first-order valence-corrected chi connectivity index (χ1v) is 13.7. The number of fused-ring (bicyclic) bond motifs is 1. The summed E-state index contributed by atoms with van der Waals surface area (Å²) in [7, 11) is 2.06. The molecule has 39 heavy (non-hydrogen) atoms. The van der Waals surface area contributed by atoms with Crippen molar-refractivity contribution in [2.24, 2.45) is 0 Å². The van der Waals surface area contributed by atoms with Crippen molar-refractivity contribution in [2.75, 3.05) is 38.5 Å². The van der Waals surface area contributed by atoms with Crippen molar-refractivity contribution in [1.29, 1.82) is 0 Å². The minimum Gasteiger partial charge on any atom is -0.471 e. The van der Waals surface area contributed by atoms with Gasteiger partial charge in [0, 0.05) is 30.3 Å². The molecule has 2 aliphatic rings. The number of pyridine rings is 1. The monoisotopic (exact) mass is 542 g/mol. The van der Waals surface area contributed by atoms with E-state index in [0.29, 0.717) is 34.6 Å². The number of hydrogen-bond acceptors (Lipinski definition) is 7. The number of aromatic nitrogens is 3. The van der Waals surface area contributed by atoms with E-state index >= 15 is 0 Å². The van der Waals surface area contributed by atoms with Gasteiger partial charge in [-0.05, 0) is 72.7 Å². The van der Waals surface area contributed by atoms with Gasteiger partial charge in [0.2, 0.25) is 5.88 Å². The quantitative estimate of drug-likeness (QED) is 0.382. The van der Waals surface area contributed by atoms with Crippen molar-refractivity contribution in [3.8, 4) is 5.88 Å². The standard InChI is InChI=1S/C29H37F3N6O/c1-16(2)38-11-9-19(10-12-38)23-13-24-27(33-17(3)21-7-6-8-22(25(21)30)26(31)32)34-18(4)35-28(24)36-29(23)39-20-14-37(5)15-20/h6-8,13,16-17,19-20,26H,9-12,14-15H2,1-5H3,(H,33,34,35,36)/t17-/m1/s1. The lowest BCUT2D eigenvalue weighted by molar-refractivity contribution is 0.0344. The highest BCUT2D eigenvalue weighted by atomic mass is 19.3. The molecule has 0 unspecified atom stereocenters. The van der Waals surface area contributed by atoms with Crippen molar-refractivity contribution < 1.29 is 17.9 Å². The Morgan fingerprint density at radius 3 is 2.36 bits per heavy atom. The van der Waals surface area contributed by atoms with Crippen LogP contribution in [-0.4, -0.2) is 70.1 Å². The van der Waals surface area contributed by atoms with Crippen LogP contribution < -0.4 is 10.1 Å². The predicted molar refractivity (Wildman–Crippen MR) is 146 cm³/mol. The van der Waals surface area contributed by atoms with Crippen LogP contribution in [0.25, 0.3) is 11.0 Å². The number of hydrogen-bond donors (Lipinski definition) is 1. The number of likely N-dealkylation sites (tertiary alicyclic amines) is 2. The van der Waals surface area contributed by atoms with Crippen LogP contribution in [0.2, 0.25) is 0 Å². The van der Waals surface area contributed by atoms with Gasteiger partial charge in [0.25, 0.3) is 6.43 Å². The smallest absolute Gasteiger partial charge is 0.266 e. The summed E-state index contributed by atoms with van der Waals surface area (Å²) in [6, 6.07) is 6.04. The van der Waals surface area contributed by atoms with Crippen LogP contribution in [0.3, 0.4) is 0 Å². The number of aryl methyl sites for hydroxylation is 1. The number of halogens is 3. The minimum atomic E-state index is -2.89. The zero-order valence-corrected chi connectivity index (χ0v) is 23.2. The maximum atomic E-state index is 14.9. The molecule has 3 aromatic rings. The topological polar surface area (TPSA) is 66.4 Å². The second-order valence-corrected chi connectivity index (χ2v) is 11.2. The van der Waals surface area contributed by atoms with Gasteiger partial charge in [0.05, 0.1) is 17.0 Å². The van der Waals surface area contributed by atoms with Gasteiger partial charge in [-0.1, -0.05) is 18.2 Å². The number of likely N-dealkylation sites (N-methyl/N-ethyl adjacent to an activating group) is 1. The first-order valence-electron chi connectivity index (χ1n) is 13.7. The highest BCUT2D eigenvalue weighted by Crippen LogP contribution is 2.38. The zero-order chi connectivity index (χ0) is 27.8. The van der Waals surface area contributed by atoms with Crippen LogP contribution in [0.15, 0.2) is 24.3 Å². The van der Waals surface area contributed by atoms with Crippen LogP contribution in [0.5, 0.6) is 5.88 Å². The van der Waals surface area contributed by atoms with E-state index in [1.165, 1.54) is 12.1 Å². The lowest BCUT2D eigenvalue weighted by Gasteiger charge is -2.38. The van der Waals surface area contributed by atoms with Crippen LogP contribution >= 0.6 is 0 Å². The lowest BCUT2D eigenvalue weighted by Crippen LogP contribution is -2.51. The molecule has 1 N–H and O–H groups in total. The Bertz CT molecular complexity index is 1320. The molecule has 0 amide bonds. The summed E-state index contributed by atoms with van der Waals surface area (Å²) in [6.45, 7) is 11.6. The SMILES string of the molecule is Cc1nc(N[C@H](C)c2cccc(C(F)F)c2F)c2cc(C3CCN(C(C)C)CC3)c(OC3CN(C)C3)nc2n1. The number of rotatable bonds is 8. The molecular formula is C29H37F3N6O. The molecule has 1 aromatic carbocycles. The molecule has 2 aliphatic heterocycles. The van der Waals surface area contributed by atoms with E-state index in [2.05, 4.69) is 52.0 Å². The summed E-state index contributed by atoms with van der Waals surface area (Å²) in [5, 5.41) is 3.96. The average molecular weight is 543 g/mol. The number of ether oxygens (including phenoxy) is 1. The van der Waals surface area contributed by atoms with Gasteiger partial charge in [0.1, 0.15) is 23.6 Å². The van der Waals surface area contributed by atoms with Crippen molar-refractivity contribution in [3.63, 3.8) is 0 Å². The summed E-state index contributed by atoms with van der Waals surface area (Å²) in [6.07, 6.45) is -0.824. The van der Waals surface area contributed by atoms with E-state index in [0.717, 1.165) is 50.7 Å². The van der Waals surface area contributed by atoms with Crippen molar-refractivity contribution in [1.82, 2.24) is 24.8 Å². The molecule has 0 aliphatic carbocycles. The van der Waals surface area contributed by atoms with Gasteiger partial charge < -0.3 is 15.0 Å². The fourth-order valence-corrected chi connectivity index (χ4v) is 5.61. The van der Waals surface area contributed by atoms with Gasteiger partial charge in [-0.15, -0.1) is 0 Å². The van der Waals surface area contributed by atoms with E-state index in [1.807, 2.05) is 0 Å². The molecule has 7 nitrogen and oxygen atoms in total. The molecule has 210 valence electrons. The van der Waals surface area contributed by atoms with Gasteiger partial charge in [-0.2, -0.15) is 4.98 Å². The Morgan fingerprint density at radius 2 is 1.72 bits per heavy atom. The van der Waals surface area contributed by atoms with E-state index in [-0.39, 0.29) is 17.6 Å². The Labute approximate surface area is 227 Å². The Hall–Kier alpha value is -2.98. The number of anilines is 1. The number of benzene rings is 1. The molecular weight excluding hydrogens is 505 g/mol. The normalized spacial score (nSPS) is 18.6. The Balaban J connectivity index is 1.51. The fraction of sp³-hybridized carbons (Fsp3) is 0.552. The molecule has 2 saturated heterocycles. The Morgan fingerprint density at radius 1 is 1.03 bits per heavy atom. The molecule has 0 spiro atoms. The third-order valence-corrected chi connectivity index (χ3v) is 7.91. The van der Waals surface area contributed by atoms with Gasteiger partial charge in [0.15, 0.2) is 5.65 Å². The van der Waals surface area contributed by atoms with Crippen molar-refractivity contribution in [3.05, 3.63) is 52.6 Å². The summed E-state index contributed by atoms with van der Waals surface area (Å²) in [5.41, 5.74) is 1.07. The number of piperidine rings is 1. The zero-order valence-electron chi connectivity index (χ0n) is 23.2. The molecule has 2 aromatic heterocycles. The number of nitrogens with zero attached hydrogens (tertiary/aromatic N) is 5. The largest absolute Gasteiger partial charge is 0.471 e. The third kappa shape index (κ3) is 5.82.